The first-order valence-electron chi connectivity index (χ1n) is 6.14. The molecule has 1 N–H and O–H groups in total. The molecule has 1 nitrogen and oxygen atoms in total. The fourth-order valence-electron chi connectivity index (χ4n) is 2.14. The van der Waals surface area contributed by atoms with Gasteiger partial charge in [-0.1, -0.05) is 36.4 Å². The predicted octanol–water partition coefficient (Wildman–Crippen LogP) is 4.32. The molecule has 1 heterocycles. The molecule has 0 fully saturated rings. The van der Waals surface area contributed by atoms with Crippen molar-refractivity contribution >= 4 is 21.4 Å². The van der Waals surface area contributed by atoms with Crippen LogP contribution in [-0.2, 0) is 6.42 Å². The third-order valence-electron chi connectivity index (χ3n) is 3.14. The zero-order valence-corrected chi connectivity index (χ0v) is 11.0. The van der Waals surface area contributed by atoms with Crippen LogP contribution in [0.1, 0.15) is 16.5 Å². The number of aliphatic hydroxyl groups excluding tert-OH is 1. The smallest absolute Gasteiger partial charge is 0.126 e. The van der Waals surface area contributed by atoms with Crippen molar-refractivity contribution in [1.82, 2.24) is 0 Å². The fraction of sp³-hybridized carbons (Fsp3) is 0.125. The van der Waals surface area contributed by atoms with Gasteiger partial charge in [-0.15, -0.1) is 11.3 Å². The zero-order chi connectivity index (χ0) is 13.2. The van der Waals surface area contributed by atoms with Crippen molar-refractivity contribution in [3.05, 3.63) is 70.9 Å². The Morgan fingerprint density at radius 2 is 1.79 bits per heavy atom. The third-order valence-corrected chi connectivity index (χ3v) is 4.36. The summed E-state index contributed by atoms with van der Waals surface area (Å²) in [6, 6.07) is 16.6. The number of halogens is 1. The number of hydrogen-bond acceptors (Lipinski definition) is 2. The molecule has 0 aliphatic rings. The predicted molar refractivity (Wildman–Crippen MR) is 76.9 cm³/mol. The lowest BCUT2D eigenvalue weighted by Crippen LogP contribution is -2.01. The van der Waals surface area contributed by atoms with Crippen LogP contribution >= 0.6 is 11.3 Å². The van der Waals surface area contributed by atoms with Gasteiger partial charge in [0.05, 0.1) is 6.10 Å². The number of benzene rings is 2. The summed E-state index contributed by atoms with van der Waals surface area (Å²) in [4.78, 5) is 0.879. The monoisotopic (exact) mass is 272 g/mol. The van der Waals surface area contributed by atoms with Gasteiger partial charge in [0, 0.05) is 16.0 Å². The molecule has 3 aromatic rings. The second-order valence-electron chi connectivity index (χ2n) is 4.50. The Balaban J connectivity index is 1.87. The highest BCUT2D eigenvalue weighted by molar-refractivity contribution is 7.19. The molecule has 19 heavy (non-hydrogen) atoms. The average molecular weight is 272 g/mol. The molecule has 1 atom stereocenters. The standard InChI is InChI=1S/C16H13FOS/c17-13-7-3-1-5-11(13)9-14(18)16-10-12-6-2-4-8-15(12)19-16/h1-8,10,14,18H,9H2. The topological polar surface area (TPSA) is 20.2 Å². The van der Waals surface area contributed by atoms with E-state index in [1.165, 1.54) is 6.07 Å². The molecule has 0 saturated carbocycles. The fourth-order valence-corrected chi connectivity index (χ4v) is 3.19. The maximum Gasteiger partial charge on any atom is 0.126 e. The third kappa shape index (κ3) is 2.53. The second kappa shape index (κ2) is 5.11. The molecule has 3 rings (SSSR count). The summed E-state index contributed by atoms with van der Waals surface area (Å²) in [5, 5.41) is 11.4. The second-order valence-corrected chi connectivity index (χ2v) is 5.61. The van der Waals surface area contributed by atoms with Crippen LogP contribution in [0.5, 0.6) is 0 Å². The quantitative estimate of drug-likeness (QED) is 0.753. The van der Waals surface area contributed by atoms with E-state index < -0.39 is 6.10 Å². The molecular weight excluding hydrogens is 259 g/mol. The summed E-state index contributed by atoms with van der Waals surface area (Å²) in [5.41, 5.74) is 0.549. The number of fused-ring (bicyclic) bond motifs is 1. The molecule has 0 saturated heterocycles. The minimum atomic E-state index is -0.658. The highest BCUT2D eigenvalue weighted by Gasteiger charge is 2.14. The molecule has 0 aliphatic carbocycles. The highest BCUT2D eigenvalue weighted by atomic mass is 32.1. The Morgan fingerprint density at radius 1 is 1.05 bits per heavy atom. The number of thiophene rings is 1. The molecular formula is C16H13FOS. The van der Waals surface area contributed by atoms with E-state index in [0.717, 1.165) is 15.0 Å². The minimum Gasteiger partial charge on any atom is -0.387 e. The first kappa shape index (κ1) is 12.3. The summed E-state index contributed by atoms with van der Waals surface area (Å²) in [6.45, 7) is 0. The molecule has 0 bridgehead atoms. The molecule has 0 radical (unpaired) electrons. The summed E-state index contributed by atoms with van der Waals surface area (Å²) in [5.74, 6) is -0.261. The van der Waals surface area contributed by atoms with Gasteiger partial charge >= 0.3 is 0 Å². The van der Waals surface area contributed by atoms with Crippen LogP contribution in [-0.4, -0.2) is 5.11 Å². The number of rotatable bonds is 3. The molecule has 96 valence electrons. The Morgan fingerprint density at radius 3 is 2.58 bits per heavy atom. The molecule has 3 heteroatoms. The zero-order valence-electron chi connectivity index (χ0n) is 10.2. The van der Waals surface area contributed by atoms with Gasteiger partial charge in [-0.05, 0) is 29.1 Å². The molecule has 1 unspecified atom stereocenters. The van der Waals surface area contributed by atoms with Crippen molar-refractivity contribution in [1.29, 1.82) is 0 Å². The largest absolute Gasteiger partial charge is 0.387 e. The van der Waals surface area contributed by atoms with Crippen molar-refractivity contribution in [2.75, 3.05) is 0 Å². The van der Waals surface area contributed by atoms with Crippen molar-refractivity contribution in [2.45, 2.75) is 12.5 Å². The molecule has 2 aromatic carbocycles. The summed E-state index contributed by atoms with van der Waals surface area (Å²) in [7, 11) is 0. The van der Waals surface area contributed by atoms with Gasteiger partial charge in [0.25, 0.3) is 0 Å². The van der Waals surface area contributed by atoms with Crippen LogP contribution < -0.4 is 0 Å². The van der Waals surface area contributed by atoms with Crippen molar-refractivity contribution in [3.8, 4) is 0 Å². The van der Waals surface area contributed by atoms with Crippen LogP contribution in [0.4, 0.5) is 4.39 Å². The lowest BCUT2D eigenvalue weighted by molar-refractivity contribution is 0.181. The van der Waals surface area contributed by atoms with E-state index in [4.69, 9.17) is 0 Å². The first-order valence-corrected chi connectivity index (χ1v) is 6.95. The molecule has 0 spiro atoms. The molecule has 0 amide bonds. The number of hydrogen-bond donors (Lipinski definition) is 1. The van der Waals surface area contributed by atoms with Gasteiger partial charge in [-0.25, -0.2) is 4.39 Å². The average Bonchev–Trinajstić information content (AvgIpc) is 2.85. The summed E-state index contributed by atoms with van der Waals surface area (Å²) < 4.78 is 14.7. The van der Waals surface area contributed by atoms with E-state index in [9.17, 15) is 9.50 Å². The van der Waals surface area contributed by atoms with Crippen molar-refractivity contribution in [3.63, 3.8) is 0 Å². The van der Waals surface area contributed by atoms with Gasteiger partial charge in [-0.2, -0.15) is 0 Å². The van der Waals surface area contributed by atoms with Crippen LogP contribution in [0, 0.1) is 5.82 Å². The van der Waals surface area contributed by atoms with Crippen molar-refractivity contribution in [2.24, 2.45) is 0 Å². The normalized spacial score (nSPS) is 12.7. The Labute approximate surface area is 115 Å². The Hall–Kier alpha value is -1.71. The summed E-state index contributed by atoms with van der Waals surface area (Å²) >= 11 is 1.56. The maximum absolute atomic E-state index is 13.6. The van der Waals surface area contributed by atoms with Gasteiger partial charge in [0.2, 0.25) is 0 Å². The highest BCUT2D eigenvalue weighted by Crippen LogP contribution is 2.31. The van der Waals surface area contributed by atoms with Gasteiger partial charge in [0.15, 0.2) is 0 Å². The number of aliphatic hydroxyl groups is 1. The SMILES string of the molecule is OC(Cc1ccccc1F)c1cc2ccccc2s1. The van der Waals surface area contributed by atoms with E-state index in [-0.39, 0.29) is 5.82 Å². The van der Waals surface area contributed by atoms with Crippen LogP contribution in [0.25, 0.3) is 10.1 Å². The van der Waals surface area contributed by atoms with Gasteiger partial charge in [-0.3, -0.25) is 0 Å². The van der Waals surface area contributed by atoms with E-state index >= 15 is 0 Å². The first-order chi connectivity index (χ1) is 9.24. The van der Waals surface area contributed by atoms with Crippen molar-refractivity contribution < 1.29 is 9.50 Å². The summed E-state index contributed by atoms with van der Waals surface area (Å²) in [6.07, 6.45) is -0.353. The van der Waals surface area contributed by atoms with Crippen LogP contribution in [0.2, 0.25) is 0 Å². The van der Waals surface area contributed by atoms with Gasteiger partial charge < -0.3 is 5.11 Å². The lowest BCUT2D eigenvalue weighted by Gasteiger charge is -2.08. The molecule has 1 aromatic heterocycles. The van der Waals surface area contributed by atoms with E-state index in [2.05, 4.69) is 0 Å². The van der Waals surface area contributed by atoms with Gasteiger partial charge in [0.1, 0.15) is 5.82 Å². The van der Waals surface area contributed by atoms with E-state index in [0.29, 0.717) is 12.0 Å². The van der Waals surface area contributed by atoms with Crippen LogP contribution in [0.3, 0.4) is 0 Å². The van der Waals surface area contributed by atoms with Crippen LogP contribution in [0.15, 0.2) is 54.6 Å². The Kier molecular flexibility index (Phi) is 3.32. The molecule has 0 aliphatic heterocycles. The lowest BCUT2D eigenvalue weighted by atomic mass is 10.1. The van der Waals surface area contributed by atoms with E-state index in [1.807, 2.05) is 30.3 Å². The maximum atomic E-state index is 13.6. The van der Waals surface area contributed by atoms with E-state index in [1.54, 1.807) is 29.5 Å². The minimum absolute atomic E-state index is 0.261. The Bertz CT molecular complexity index is 672.